The van der Waals surface area contributed by atoms with Crippen LogP contribution in [-0.4, -0.2) is 35.6 Å². The number of ether oxygens (including phenoxy) is 2. The Morgan fingerprint density at radius 2 is 1.89 bits per heavy atom. The fourth-order valence-corrected chi connectivity index (χ4v) is 5.56. The summed E-state index contributed by atoms with van der Waals surface area (Å²) in [7, 11) is 0. The molecule has 2 heterocycles. The highest BCUT2D eigenvalue weighted by molar-refractivity contribution is 7.10. The Labute approximate surface area is 209 Å². The normalized spacial score (nSPS) is 21.8. The van der Waals surface area contributed by atoms with E-state index in [1.165, 1.54) is 10.5 Å². The summed E-state index contributed by atoms with van der Waals surface area (Å²) in [4.78, 5) is 32.1. The van der Waals surface area contributed by atoms with Crippen LogP contribution >= 0.6 is 11.3 Å². The predicted molar refractivity (Wildman–Crippen MR) is 137 cm³/mol. The van der Waals surface area contributed by atoms with Gasteiger partial charge >= 0.3 is 5.97 Å². The van der Waals surface area contributed by atoms with Crippen molar-refractivity contribution in [3.05, 3.63) is 64.5 Å². The van der Waals surface area contributed by atoms with Gasteiger partial charge < -0.3 is 9.47 Å². The Bertz CT molecular complexity index is 1200. The fourth-order valence-electron chi connectivity index (χ4n) is 4.72. The average molecular weight is 491 g/mol. The lowest BCUT2D eigenvalue weighted by atomic mass is 9.89. The summed E-state index contributed by atoms with van der Waals surface area (Å²) >= 11 is 1.61. The van der Waals surface area contributed by atoms with E-state index in [1.807, 2.05) is 41.8 Å². The maximum absolute atomic E-state index is 13.0. The zero-order valence-corrected chi connectivity index (χ0v) is 20.9. The molecule has 1 amide bonds. The van der Waals surface area contributed by atoms with E-state index in [4.69, 9.17) is 14.5 Å². The van der Waals surface area contributed by atoms with Gasteiger partial charge in [-0.25, -0.2) is 4.98 Å². The van der Waals surface area contributed by atoms with Crippen molar-refractivity contribution < 1.29 is 19.1 Å². The van der Waals surface area contributed by atoms with E-state index >= 15 is 0 Å². The first-order chi connectivity index (χ1) is 17.0. The second-order valence-electron chi connectivity index (χ2n) is 9.53. The Balaban J connectivity index is 1.34. The smallest absolute Gasteiger partial charge is 0.326 e. The van der Waals surface area contributed by atoms with E-state index < -0.39 is 6.10 Å². The third-order valence-electron chi connectivity index (χ3n) is 6.76. The predicted octanol–water partition coefficient (Wildman–Crippen LogP) is 5.64. The maximum atomic E-state index is 13.0. The van der Waals surface area contributed by atoms with Gasteiger partial charge in [-0.15, -0.1) is 11.3 Å². The summed E-state index contributed by atoms with van der Waals surface area (Å²) in [6, 6.07) is 15.9. The minimum absolute atomic E-state index is 0.0592. The van der Waals surface area contributed by atoms with Gasteiger partial charge in [0.05, 0.1) is 16.4 Å². The van der Waals surface area contributed by atoms with Gasteiger partial charge in [0.2, 0.25) is 0 Å². The molecule has 1 aliphatic carbocycles. The van der Waals surface area contributed by atoms with E-state index in [-0.39, 0.29) is 24.5 Å². The number of fused-ring (bicyclic) bond motifs is 1. The van der Waals surface area contributed by atoms with Crippen LogP contribution in [0.4, 0.5) is 5.69 Å². The zero-order chi connectivity index (χ0) is 24.4. The van der Waals surface area contributed by atoms with E-state index in [0.717, 1.165) is 48.4 Å². The van der Waals surface area contributed by atoms with Crippen LogP contribution in [0.2, 0.25) is 0 Å². The molecule has 182 valence electrons. The van der Waals surface area contributed by atoms with Crippen LogP contribution in [0.25, 0.3) is 11.3 Å². The number of benzene rings is 2. The molecule has 35 heavy (non-hydrogen) atoms. The molecule has 6 nitrogen and oxygen atoms in total. The molecular weight excluding hydrogens is 460 g/mol. The Morgan fingerprint density at radius 3 is 2.66 bits per heavy atom. The number of carbonyl (C=O) groups excluding carboxylic acids is 2. The molecule has 3 aromatic rings. The Morgan fingerprint density at radius 1 is 1.11 bits per heavy atom. The number of nitrogens with zero attached hydrogens (tertiary/aromatic N) is 2. The first-order valence-electron chi connectivity index (χ1n) is 12.3. The van der Waals surface area contributed by atoms with Gasteiger partial charge in [0, 0.05) is 17.4 Å². The maximum Gasteiger partial charge on any atom is 0.326 e. The lowest BCUT2D eigenvalue weighted by Crippen LogP contribution is -2.47. The number of anilines is 1. The second-order valence-corrected chi connectivity index (χ2v) is 10.5. The van der Waals surface area contributed by atoms with Gasteiger partial charge in [-0.2, -0.15) is 0 Å². The average Bonchev–Trinajstić information content (AvgIpc) is 3.32. The van der Waals surface area contributed by atoms with Gasteiger partial charge in [0.25, 0.3) is 5.91 Å². The molecule has 7 heteroatoms. The highest BCUT2D eigenvalue weighted by atomic mass is 32.1. The van der Waals surface area contributed by atoms with Crippen LogP contribution in [0.15, 0.2) is 53.9 Å². The number of carbonyl (C=O) groups is 2. The van der Waals surface area contributed by atoms with Crippen molar-refractivity contribution in [3.8, 4) is 17.0 Å². The standard InChI is InChI=1S/C28H30N2O4S/c1-18-8-11-22(12-9-18)34-27(31)16-30-24-15-21(10-13-25(24)33-19(2)28(30)32)23-17-35-26(29-23)14-20-6-4-3-5-7-20/h3-7,10,13,15,17-19,22H,8-9,11-12,14,16H2,1-2H3. The molecule has 1 aromatic heterocycles. The molecule has 0 spiro atoms. The minimum Gasteiger partial charge on any atom is -0.479 e. The van der Waals surface area contributed by atoms with Crippen molar-refractivity contribution >= 4 is 28.9 Å². The monoisotopic (exact) mass is 490 g/mol. The number of rotatable bonds is 6. The highest BCUT2D eigenvalue weighted by Crippen LogP contribution is 2.38. The molecule has 1 aliphatic heterocycles. The summed E-state index contributed by atoms with van der Waals surface area (Å²) in [5.41, 5.74) is 3.51. The molecule has 0 bridgehead atoms. The molecule has 2 aliphatic rings. The van der Waals surface area contributed by atoms with Crippen LogP contribution in [0.3, 0.4) is 0 Å². The number of hydrogen-bond donors (Lipinski definition) is 0. The molecule has 5 rings (SSSR count). The minimum atomic E-state index is -0.659. The fraction of sp³-hybridized carbons (Fsp3) is 0.393. The quantitative estimate of drug-likeness (QED) is 0.419. The summed E-state index contributed by atoms with van der Waals surface area (Å²) < 4.78 is 11.6. The van der Waals surface area contributed by atoms with Gasteiger partial charge in [0.1, 0.15) is 18.4 Å². The highest BCUT2D eigenvalue weighted by Gasteiger charge is 2.34. The molecule has 2 aromatic carbocycles. The zero-order valence-electron chi connectivity index (χ0n) is 20.1. The Kier molecular flexibility index (Phi) is 6.86. The first-order valence-corrected chi connectivity index (χ1v) is 13.1. The van der Waals surface area contributed by atoms with Gasteiger partial charge in [-0.3, -0.25) is 14.5 Å². The molecular formula is C28H30N2O4S. The SMILES string of the molecule is CC1CCC(OC(=O)CN2C(=O)C(C)Oc3ccc(-c4csc(Cc5ccccc5)n4)cc32)CC1. The number of thiazole rings is 1. The van der Waals surface area contributed by atoms with Crippen LogP contribution < -0.4 is 9.64 Å². The van der Waals surface area contributed by atoms with Crippen LogP contribution in [0.5, 0.6) is 5.75 Å². The summed E-state index contributed by atoms with van der Waals surface area (Å²) in [5.74, 6) is 0.643. The van der Waals surface area contributed by atoms with Crippen molar-refractivity contribution in [2.45, 2.75) is 58.2 Å². The molecule has 1 saturated carbocycles. The number of hydrogen-bond acceptors (Lipinski definition) is 6. The molecule has 0 N–H and O–H groups in total. The summed E-state index contributed by atoms with van der Waals surface area (Å²) in [6.07, 6.45) is 3.96. The molecule has 0 saturated heterocycles. The van der Waals surface area contributed by atoms with Crippen LogP contribution in [0, 0.1) is 5.92 Å². The van der Waals surface area contributed by atoms with Crippen LogP contribution in [-0.2, 0) is 20.7 Å². The lowest BCUT2D eigenvalue weighted by molar-refractivity contribution is -0.150. The van der Waals surface area contributed by atoms with E-state index in [1.54, 1.807) is 18.3 Å². The van der Waals surface area contributed by atoms with Crippen molar-refractivity contribution in [2.75, 3.05) is 11.4 Å². The van der Waals surface area contributed by atoms with Crippen molar-refractivity contribution in [1.29, 1.82) is 0 Å². The van der Waals surface area contributed by atoms with Crippen molar-refractivity contribution in [2.24, 2.45) is 5.92 Å². The summed E-state index contributed by atoms with van der Waals surface area (Å²) in [5, 5.41) is 3.05. The van der Waals surface area contributed by atoms with E-state index in [0.29, 0.717) is 17.4 Å². The van der Waals surface area contributed by atoms with E-state index in [9.17, 15) is 9.59 Å². The molecule has 0 radical (unpaired) electrons. The van der Waals surface area contributed by atoms with Gasteiger partial charge in [-0.1, -0.05) is 37.3 Å². The number of esters is 1. The number of amides is 1. The van der Waals surface area contributed by atoms with E-state index in [2.05, 4.69) is 19.1 Å². The van der Waals surface area contributed by atoms with Gasteiger partial charge in [-0.05, 0) is 62.3 Å². The van der Waals surface area contributed by atoms with Gasteiger partial charge in [0.15, 0.2) is 6.10 Å². The topological polar surface area (TPSA) is 68.7 Å². The molecule has 1 fully saturated rings. The second kappa shape index (κ2) is 10.2. The Hall–Kier alpha value is -3.19. The lowest BCUT2D eigenvalue weighted by Gasteiger charge is -2.33. The largest absolute Gasteiger partial charge is 0.479 e. The number of aromatic nitrogens is 1. The molecule has 1 unspecified atom stereocenters. The van der Waals surface area contributed by atoms with Crippen LogP contribution in [0.1, 0.15) is 50.1 Å². The third-order valence-corrected chi connectivity index (χ3v) is 7.61. The third kappa shape index (κ3) is 5.40. The summed E-state index contributed by atoms with van der Waals surface area (Å²) in [6.45, 7) is 3.81. The van der Waals surface area contributed by atoms with Crippen molar-refractivity contribution in [3.63, 3.8) is 0 Å². The van der Waals surface area contributed by atoms with Crippen molar-refractivity contribution in [1.82, 2.24) is 4.98 Å². The first kappa shape index (κ1) is 23.5. The molecule has 1 atom stereocenters.